The summed E-state index contributed by atoms with van der Waals surface area (Å²) in [6.07, 6.45) is 1.06. The molecule has 0 saturated heterocycles. The van der Waals surface area contributed by atoms with Gasteiger partial charge in [-0.15, -0.1) is 0 Å². The number of H-pyrrole nitrogens is 1. The highest BCUT2D eigenvalue weighted by Crippen LogP contribution is 2.36. The molecular formula is C39H38FN5O3. The number of aryl methyl sites for hydroxylation is 1. The number of hydrogen-bond donors (Lipinski definition) is 2. The van der Waals surface area contributed by atoms with Gasteiger partial charge in [0.15, 0.2) is 17.4 Å². The van der Waals surface area contributed by atoms with E-state index in [1.807, 2.05) is 92.4 Å². The number of nitrogens with one attached hydrogen (secondary N) is 1. The van der Waals surface area contributed by atoms with Crippen molar-refractivity contribution < 1.29 is 19.0 Å². The number of rotatable bonds is 10. The summed E-state index contributed by atoms with van der Waals surface area (Å²) >= 11 is 0. The molecule has 8 nitrogen and oxygen atoms in total. The van der Waals surface area contributed by atoms with Crippen molar-refractivity contribution in [2.75, 3.05) is 0 Å². The molecule has 0 aliphatic carbocycles. The number of aromatic amines is 1. The van der Waals surface area contributed by atoms with Crippen molar-refractivity contribution in [3.63, 3.8) is 0 Å². The summed E-state index contributed by atoms with van der Waals surface area (Å²) < 4.78 is 23.4. The van der Waals surface area contributed by atoms with Crippen LogP contribution in [-0.2, 0) is 37.3 Å². The van der Waals surface area contributed by atoms with E-state index in [9.17, 15) is 9.90 Å². The van der Waals surface area contributed by atoms with E-state index in [4.69, 9.17) is 14.8 Å². The molecule has 9 heteroatoms. The molecule has 4 aromatic carbocycles. The van der Waals surface area contributed by atoms with Gasteiger partial charge in [-0.2, -0.15) is 5.10 Å². The van der Waals surface area contributed by atoms with E-state index in [1.54, 1.807) is 12.1 Å². The number of benzene rings is 4. The standard InChI is InChI=1S/C39H38FN5O3/c1-4-27-18-36(48-23-26-13-9-6-10-14-26)31(40)19-30(27)28-15-16-29-32(17-28)42-43-37(29)38-41-33-22-44(24(2)3)35(39(46)47)20-34(33)45(38)21-25-11-7-5-8-12-25/h5-19,24,35H,4,20-23H2,1-3H3,(H,42,43)(H,46,47). The number of halogens is 1. The van der Waals surface area contributed by atoms with E-state index in [0.29, 0.717) is 44.1 Å². The van der Waals surface area contributed by atoms with Gasteiger partial charge in [0.1, 0.15) is 18.3 Å². The van der Waals surface area contributed by atoms with E-state index in [2.05, 4.69) is 21.8 Å². The van der Waals surface area contributed by atoms with Gasteiger partial charge in [-0.05, 0) is 72.4 Å². The van der Waals surface area contributed by atoms with Gasteiger partial charge in [-0.1, -0.05) is 73.7 Å². The summed E-state index contributed by atoms with van der Waals surface area (Å²) in [7, 11) is 0. The Bertz CT molecular complexity index is 2090. The molecule has 2 aromatic heterocycles. The number of carbonyl (C=O) groups is 1. The molecule has 1 aliphatic rings. The number of nitrogens with zero attached hydrogens (tertiary/aromatic N) is 4. The fourth-order valence-corrected chi connectivity index (χ4v) is 6.72. The highest BCUT2D eigenvalue weighted by Gasteiger charge is 2.37. The van der Waals surface area contributed by atoms with Crippen molar-refractivity contribution in [2.24, 2.45) is 0 Å². The quantitative estimate of drug-likeness (QED) is 0.159. The Morgan fingerprint density at radius 2 is 1.75 bits per heavy atom. The topological polar surface area (TPSA) is 96.3 Å². The van der Waals surface area contributed by atoms with Crippen LogP contribution in [0.2, 0.25) is 0 Å². The Morgan fingerprint density at radius 3 is 2.44 bits per heavy atom. The van der Waals surface area contributed by atoms with Crippen molar-refractivity contribution in [1.29, 1.82) is 0 Å². The first-order valence-electron chi connectivity index (χ1n) is 16.4. The van der Waals surface area contributed by atoms with Crippen LogP contribution < -0.4 is 4.74 Å². The van der Waals surface area contributed by atoms with Crippen LogP contribution in [0.4, 0.5) is 4.39 Å². The number of aromatic nitrogens is 4. The van der Waals surface area contributed by atoms with Gasteiger partial charge in [0.2, 0.25) is 0 Å². The average Bonchev–Trinajstić information content (AvgIpc) is 3.68. The fraction of sp³-hybridized carbons (Fsp3) is 0.256. The number of hydrogen-bond acceptors (Lipinski definition) is 5. The molecule has 1 unspecified atom stereocenters. The molecule has 48 heavy (non-hydrogen) atoms. The Kier molecular flexibility index (Phi) is 8.54. The van der Waals surface area contributed by atoms with E-state index < -0.39 is 17.8 Å². The third-order valence-corrected chi connectivity index (χ3v) is 9.27. The SMILES string of the molecule is CCc1cc(OCc2ccccc2)c(F)cc1-c1ccc2c(-c3nc4c(n3Cc3ccccc3)CC(C(=O)O)N(C(C)C)C4)n[nH]c2c1. The van der Waals surface area contributed by atoms with Crippen LogP contribution >= 0.6 is 0 Å². The highest BCUT2D eigenvalue weighted by atomic mass is 19.1. The minimum atomic E-state index is -0.834. The molecule has 7 rings (SSSR count). The molecule has 244 valence electrons. The van der Waals surface area contributed by atoms with Gasteiger partial charge in [0.05, 0.1) is 11.2 Å². The Morgan fingerprint density at radius 1 is 1.02 bits per heavy atom. The van der Waals surface area contributed by atoms with Crippen LogP contribution in [-0.4, -0.2) is 47.8 Å². The normalized spacial score (nSPS) is 14.8. The second-order valence-electron chi connectivity index (χ2n) is 12.6. The Hall–Kier alpha value is -5.28. The van der Waals surface area contributed by atoms with Gasteiger partial charge < -0.3 is 14.4 Å². The third-order valence-electron chi connectivity index (χ3n) is 9.27. The minimum absolute atomic E-state index is 0.0500. The van der Waals surface area contributed by atoms with E-state index in [1.165, 1.54) is 0 Å². The van der Waals surface area contributed by atoms with E-state index >= 15 is 4.39 Å². The zero-order valence-electron chi connectivity index (χ0n) is 27.3. The van der Waals surface area contributed by atoms with Gasteiger partial charge in [0.25, 0.3) is 0 Å². The number of carboxylic acid groups (broad SMARTS) is 1. The Labute approximate surface area is 278 Å². The zero-order chi connectivity index (χ0) is 33.4. The molecule has 0 bridgehead atoms. The summed E-state index contributed by atoms with van der Waals surface area (Å²) in [5.41, 5.74) is 7.99. The van der Waals surface area contributed by atoms with E-state index in [0.717, 1.165) is 50.1 Å². The molecule has 2 N–H and O–H groups in total. The lowest BCUT2D eigenvalue weighted by Gasteiger charge is -2.35. The van der Waals surface area contributed by atoms with Crippen molar-refractivity contribution in [2.45, 2.75) is 65.4 Å². The van der Waals surface area contributed by atoms with Gasteiger partial charge in [0, 0.05) is 36.6 Å². The fourth-order valence-electron chi connectivity index (χ4n) is 6.72. The Balaban J connectivity index is 1.26. The molecule has 1 atom stereocenters. The summed E-state index contributed by atoms with van der Waals surface area (Å²) in [5.74, 6) is -0.315. The number of ether oxygens (including phenoxy) is 1. The smallest absolute Gasteiger partial charge is 0.321 e. The van der Waals surface area contributed by atoms with Crippen molar-refractivity contribution in [1.82, 2.24) is 24.6 Å². The van der Waals surface area contributed by atoms with Crippen LogP contribution in [0.3, 0.4) is 0 Å². The van der Waals surface area contributed by atoms with Crippen molar-refractivity contribution in [3.05, 3.63) is 125 Å². The van der Waals surface area contributed by atoms with Crippen LogP contribution in [0, 0.1) is 5.82 Å². The second kappa shape index (κ2) is 13.1. The average molecular weight is 644 g/mol. The predicted octanol–water partition coefficient (Wildman–Crippen LogP) is 7.64. The number of aliphatic carboxylic acids is 1. The first kappa shape index (κ1) is 31.3. The van der Waals surface area contributed by atoms with Gasteiger partial charge in [-0.25, -0.2) is 9.37 Å². The first-order valence-corrected chi connectivity index (χ1v) is 16.4. The largest absolute Gasteiger partial charge is 0.486 e. The summed E-state index contributed by atoms with van der Waals surface area (Å²) in [6.45, 7) is 7.36. The maximum Gasteiger partial charge on any atom is 0.321 e. The molecule has 0 radical (unpaired) electrons. The first-order chi connectivity index (χ1) is 23.3. The van der Waals surface area contributed by atoms with Crippen LogP contribution in [0.25, 0.3) is 33.5 Å². The summed E-state index contributed by atoms with van der Waals surface area (Å²) in [6, 6.07) is 28.6. The van der Waals surface area contributed by atoms with Crippen molar-refractivity contribution in [3.8, 4) is 28.4 Å². The molecule has 6 aromatic rings. The lowest BCUT2D eigenvalue weighted by Crippen LogP contribution is -2.49. The van der Waals surface area contributed by atoms with Gasteiger partial charge >= 0.3 is 5.97 Å². The molecule has 3 heterocycles. The highest BCUT2D eigenvalue weighted by molar-refractivity contribution is 5.94. The number of fused-ring (bicyclic) bond motifs is 2. The molecule has 0 spiro atoms. The number of carboxylic acids is 1. The number of imidazole rings is 1. The molecular weight excluding hydrogens is 605 g/mol. The minimum Gasteiger partial charge on any atom is -0.486 e. The third kappa shape index (κ3) is 5.97. The lowest BCUT2D eigenvalue weighted by molar-refractivity contribution is -0.144. The van der Waals surface area contributed by atoms with Crippen molar-refractivity contribution >= 4 is 16.9 Å². The summed E-state index contributed by atoms with van der Waals surface area (Å²) in [5, 5.41) is 19.0. The molecule has 0 saturated carbocycles. The lowest BCUT2D eigenvalue weighted by atomic mass is 9.96. The molecule has 1 aliphatic heterocycles. The van der Waals surface area contributed by atoms with Gasteiger partial charge in [-0.3, -0.25) is 14.8 Å². The monoisotopic (exact) mass is 643 g/mol. The predicted molar refractivity (Wildman–Crippen MR) is 184 cm³/mol. The van der Waals surface area contributed by atoms with E-state index in [-0.39, 0.29) is 11.8 Å². The molecule has 0 amide bonds. The zero-order valence-corrected chi connectivity index (χ0v) is 27.3. The van der Waals surface area contributed by atoms with Crippen LogP contribution in [0.1, 0.15) is 48.8 Å². The molecule has 0 fully saturated rings. The summed E-state index contributed by atoms with van der Waals surface area (Å²) in [4.78, 5) is 19.5. The second-order valence-corrected chi connectivity index (χ2v) is 12.6. The maximum absolute atomic E-state index is 15.4. The maximum atomic E-state index is 15.4. The van der Waals surface area contributed by atoms with Crippen LogP contribution in [0.15, 0.2) is 91.0 Å². The van der Waals surface area contributed by atoms with Crippen LogP contribution in [0.5, 0.6) is 5.75 Å².